The van der Waals surface area contributed by atoms with E-state index in [1.54, 1.807) is 0 Å². The van der Waals surface area contributed by atoms with Crippen molar-refractivity contribution in [3.63, 3.8) is 0 Å². The number of anilines is 2. The molecule has 0 aliphatic heterocycles. The van der Waals surface area contributed by atoms with Gasteiger partial charge >= 0.3 is 5.97 Å². The summed E-state index contributed by atoms with van der Waals surface area (Å²) in [6, 6.07) is 1.95. The molecular weight excluding hydrogens is 342 g/mol. The summed E-state index contributed by atoms with van der Waals surface area (Å²) < 4.78 is 26.9. The van der Waals surface area contributed by atoms with E-state index in [-0.39, 0.29) is 20.2 Å². The van der Waals surface area contributed by atoms with Crippen LogP contribution in [0.1, 0.15) is 15.4 Å². The number of hydrogen-bond donors (Lipinski definition) is 2. The molecule has 1 aromatic carbocycles. The normalized spacial score (nSPS) is 10.5. The van der Waals surface area contributed by atoms with Crippen molar-refractivity contribution >= 4 is 44.1 Å². The predicted octanol–water partition coefficient (Wildman–Crippen LogP) is 3.93. The minimum absolute atomic E-state index is 0.0112. The molecule has 1 aromatic heterocycles. The van der Waals surface area contributed by atoms with E-state index in [4.69, 9.17) is 5.11 Å². The molecule has 2 rings (SSSR count). The number of carbonyl (C=O) groups is 1. The highest BCUT2D eigenvalue weighted by Crippen LogP contribution is 2.29. The van der Waals surface area contributed by atoms with Gasteiger partial charge in [0.25, 0.3) is 0 Å². The minimum Gasteiger partial charge on any atom is -0.477 e. The maximum absolute atomic E-state index is 13.6. The molecule has 0 unspecified atom stereocenters. The largest absolute Gasteiger partial charge is 0.477 e. The van der Waals surface area contributed by atoms with Crippen molar-refractivity contribution in [3.05, 3.63) is 38.8 Å². The van der Waals surface area contributed by atoms with Gasteiger partial charge in [0.05, 0.1) is 15.9 Å². The molecule has 2 N–H and O–H groups in total. The fourth-order valence-electron chi connectivity index (χ4n) is 1.38. The molecular formula is C11H7BrF2N2O2S. The molecule has 0 atom stereocenters. The second kappa shape index (κ2) is 5.22. The summed E-state index contributed by atoms with van der Waals surface area (Å²) in [7, 11) is 0. The molecule has 0 aliphatic rings. The first-order chi connectivity index (χ1) is 8.88. The Hall–Kier alpha value is -1.54. The maximum atomic E-state index is 13.6. The van der Waals surface area contributed by atoms with Crippen LogP contribution in [0.25, 0.3) is 0 Å². The molecule has 0 bridgehead atoms. The van der Waals surface area contributed by atoms with Crippen LogP contribution in [0.3, 0.4) is 0 Å². The molecule has 1 heterocycles. The lowest BCUT2D eigenvalue weighted by molar-refractivity contribution is 0.0701. The number of thiazole rings is 1. The van der Waals surface area contributed by atoms with E-state index < -0.39 is 17.6 Å². The SMILES string of the molecule is Cc1nc(Nc2cc(F)c(Br)cc2F)sc1C(=O)O. The van der Waals surface area contributed by atoms with E-state index >= 15 is 0 Å². The number of halogens is 3. The van der Waals surface area contributed by atoms with Crippen LogP contribution in [-0.4, -0.2) is 16.1 Å². The number of nitrogens with zero attached hydrogens (tertiary/aromatic N) is 1. The van der Waals surface area contributed by atoms with Crippen LogP contribution in [0, 0.1) is 18.6 Å². The summed E-state index contributed by atoms with van der Waals surface area (Å²) in [6.07, 6.45) is 0. The van der Waals surface area contributed by atoms with Gasteiger partial charge < -0.3 is 10.4 Å². The zero-order valence-electron chi connectivity index (χ0n) is 9.50. The second-order valence-electron chi connectivity index (χ2n) is 3.61. The third-order valence-corrected chi connectivity index (χ3v) is 3.91. The van der Waals surface area contributed by atoms with Crippen LogP contribution in [0.15, 0.2) is 16.6 Å². The smallest absolute Gasteiger partial charge is 0.347 e. The first kappa shape index (κ1) is 13.9. The molecule has 0 saturated heterocycles. The van der Waals surface area contributed by atoms with Crippen LogP contribution < -0.4 is 5.32 Å². The van der Waals surface area contributed by atoms with Crippen molar-refractivity contribution in [2.24, 2.45) is 0 Å². The number of carboxylic acid groups (broad SMARTS) is 1. The number of aromatic nitrogens is 1. The molecule has 19 heavy (non-hydrogen) atoms. The molecule has 2 aromatic rings. The summed E-state index contributed by atoms with van der Waals surface area (Å²) in [5.74, 6) is -2.40. The quantitative estimate of drug-likeness (QED) is 0.825. The molecule has 8 heteroatoms. The van der Waals surface area contributed by atoms with E-state index in [1.807, 2.05) is 0 Å². The van der Waals surface area contributed by atoms with Gasteiger partial charge in [-0.05, 0) is 28.9 Å². The fourth-order valence-corrected chi connectivity index (χ4v) is 2.51. The molecule has 0 spiro atoms. The summed E-state index contributed by atoms with van der Waals surface area (Å²) >= 11 is 3.73. The second-order valence-corrected chi connectivity index (χ2v) is 5.46. The van der Waals surface area contributed by atoms with Crippen LogP contribution in [0.4, 0.5) is 19.6 Å². The molecule has 0 aliphatic carbocycles. The van der Waals surface area contributed by atoms with Gasteiger partial charge in [0.15, 0.2) is 5.13 Å². The highest BCUT2D eigenvalue weighted by atomic mass is 79.9. The van der Waals surface area contributed by atoms with Crippen molar-refractivity contribution < 1.29 is 18.7 Å². The van der Waals surface area contributed by atoms with Gasteiger partial charge in [0, 0.05) is 6.07 Å². The lowest BCUT2D eigenvalue weighted by Gasteiger charge is -2.05. The Bertz CT molecular complexity index is 660. The van der Waals surface area contributed by atoms with Gasteiger partial charge in [-0.1, -0.05) is 11.3 Å². The third kappa shape index (κ3) is 2.90. The molecule has 0 radical (unpaired) electrons. The summed E-state index contributed by atoms with van der Waals surface area (Å²) in [5.41, 5.74) is 0.212. The number of aryl methyl sites for hydroxylation is 1. The van der Waals surface area contributed by atoms with E-state index in [2.05, 4.69) is 26.2 Å². The average molecular weight is 349 g/mol. The molecule has 4 nitrogen and oxygen atoms in total. The van der Waals surface area contributed by atoms with Crippen molar-refractivity contribution in [1.82, 2.24) is 4.98 Å². The first-order valence-electron chi connectivity index (χ1n) is 5.00. The topological polar surface area (TPSA) is 62.2 Å². The molecule has 0 amide bonds. The number of carboxylic acids is 1. The number of rotatable bonds is 3. The van der Waals surface area contributed by atoms with Crippen LogP contribution >= 0.6 is 27.3 Å². The highest BCUT2D eigenvalue weighted by Gasteiger charge is 2.15. The standard InChI is InChI=1S/C11H7BrF2N2O2S/c1-4-9(10(17)18)19-11(15-4)16-8-3-6(13)5(12)2-7(8)14/h2-3H,1H3,(H,15,16)(H,17,18). The van der Waals surface area contributed by atoms with Gasteiger partial charge in [-0.25, -0.2) is 18.6 Å². The maximum Gasteiger partial charge on any atom is 0.347 e. The Balaban J connectivity index is 2.34. The minimum atomic E-state index is -1.11. The van der Waals surface area contributed by atoms with E-state index in [0.717, 1.165) is 23.5 Å². The Morgan fingerprint density at radius 3 is 2.68 bits per heavy atom. The molecule has 0 saturated carbocycles. The monoisotopic (exact) mass is 348 g/mol. The average Bonchev–Trinajstić information content (AvgIpc) is 2.67. The van der Waals surface area contributed by atoms with Crippen molar-refractivity contribution in [2.45, 2.75) is 6.92 Å². The lowest BCUT2D eigenvalue weighted by Crippen LogP contribution is -1.95. The Morgan fingerprint density at radius 2 is 2.11 bits per heavy atom. The van der Waals surface area contributed by atoms with Crippen molar-refractivity contribution in [3.8, 4) is 0 Å². The van der Waals surface area contributed by atoms with Gasteiger partial charge in [-0.3, -0.25) is 0 Å². The van der Waals surface area contributed by atoms with Crippen molar-refractivity contribution in [1.29, 1.82) is 0 Å². The molecule has 100 valence electrons. The van der Waals surface area contributed by atoms with Crippen LogP contribution in [0.2, 0.25) is 0 Å². The lowest BCUT2D eigenvalue weighted by atomic mass is 10.3. The fraction of sp³-hybridized carbons (Fsp3) is 0.0909. The summed E-state index contributed by atoms with van der Waals surface area (Å²) in [5, 5.41) is 11.6. The Labute approximate surface area is 119 Å². The predicted molar refractivity (Wildman–Crippen MR) is 71.2 cm³/mol. The highest BCUT2D eigenvalue weighted by molar-refractivity contribution is 9.10. The van der Waals surface area contributed by atoms with Gasteiger partial charge in [-0.2, -0.15) is 0 Å². The number of benzene rings is 1. The van der Waals surface area contributed by atoms with Gasteiger partial charge in [0.1, 0.15) is 16.5 Å². The number of hydrogen-bond acceptors (Lipinski definition) is 4. The first-order valence-corrected chi connectivity index (χ1v) is 6.61. The van der Waals surface area contributed by atoms with Gasteiger partial charge in [0.2, 0.25) is 0 Å². The van der Waals surface area contributed by atoms with E-state index in [1.165, 1.54) is 6.92 Å². The summed E-state index contributed by atoms with van der Waals surface area (Å²) in [4.78, 5) is 14.9. The molecule has 0 fully saturated rings. The third-order valence-electron chi connectivity index (χ3n) is 2.24. The van der Waals surface area contributed by atoms with Gasteiger partial charge in [-0.15, -0.1) is 0 Å². The Morgan fingerprint density at radius 1 is 1.42 bits per heavy atom. The zero-order chi connectivity index (χ0) is 14.2. The number of aromatic carboxylic acids is 1. The van der Waals surface area contributed by atoms with E-state index in [9.17, 15) is 13.6 Å². The van der Waals surface area contributed by atoms with E-state index in [0.29, 0.717) is 5.69 Å². The Kier molecular flexibility index (Phi) is 3.81. The van der Waals surface area contributed by atoms with Crippen molar-refractivity contribution in [2.75, 3.05) is 5.32 Å². The van der Waals surface area contributed by atoms with Crippen LogP contribution in [0.5, 0.6) is 0 Å². The summed E-state index contributed by atoms with van der Waals surface area (Å²) in [6.45, 7) is 1.53. The number of nitrogens with one attached hydrogen (secondary N) is 1. The van der Waals surface area contributed by atoms with Crippen LogP contribution in [-0.2, 0) is 0 Å². The zero-order valence-corrected chi connectivity index (χ0v) is 11.9.